The molecule has 1 radical (unpaired) electrons. The monoisotopic (exact) mass is 665 g/mol. The molecule has 5 rings (SSSR count). The Balaban J connectivity index is 0.000000278. The van der Waals surface area contributed by atoms with Gasteiger partial charge in [0.25, 0.3) is 0 Å². The fourth-order valence-corrected chi connectivity index (χ4v) is 6.87. The van der Waals surface area contributed by atoms with Crippen LogP contribution >= 0.6 is 0 Å². The van der Waals surface area contributed by atoms with E-state index in [0.29, 0.717) is 0 Å². The zero-order chi connectivity index (χ0) is 23.8. The van der Waals surface area contributed by atoms with Crippen LogP contribution in [-0.4, -0.2) is 18.0 Å². The van der Waals surface area contributed by atoms with Crippen LogP contribution in [0.2, 0.25) is 13.1 Å². The molecular formula is C32H32IrN2Si-2. The van der Waals surface area contributed by atoms with Gasteiger partial charge in [0.05, 0.1) is 0 Å². The van der Waals surface area contributed by atoms with E-state index >= 15 is 0 Å². The molecule has 0 atom stereocenters. The van der Waals surface area contributed by atoms with Crippen molar-refractivity contribution in [3.05, 3.63) is 133 Å². The average molecular weight is 665 g/mol. The Morgan fingerprint density at radius 2 is 1.25 bits per heavy atom. The van der Waals surface area contributed by atoms with Crippen LogP contribution in [0.3, 0.4) is 0 Å². The van der Waals surface area contributed by atoms with Gasteiger partial charge >= 0.3 is 0 Å². The maximum atomic E-state index is 4.61. The molecule has 2 nitrogen and oxygen atoms in total. The van der Waals surface area contributed by atoms with Crippen LogP contribution in [0.15, 0.2) is 116 Å². The van der Waals surface area contributed by atoms with E-state index in [-0.39, 0.29) is 27.5 Å². The van der Waals surface area contributed by atoms with Gasteiger partial charge in [0, 0.05) is 32.5 Å². The summed E-state index contributed by atoms with van der Waals surface area (Å²) in [5.74, 6) is 0. The summed E-state index contributed by atoms with van der Waals surface area (Å²) < 4.78 is 0. The summed E-state index contributed by atoms with van der Waals surface area (Å²) in [6.45, 7) is 6.98. The van der Waals surface area contributed by atoms with Crippen LogP contribution in [0.4, 0.5) is 0 Å². The number of hydrogen-bond acceptors (Lipinski definition) is 2. The second-order valence-electron chi connectivity index (χ2n) is 8.64. The zero-order valence-corrected chi connectivity index (χ0v) is 23.6. The number of aryl methyl sites for hydroxylation is 1. The van der Waals surface area contributed by atoms with Gasteiger partial charge in [-0.15, -0.1) is 71.8 Å². The van der Waals surface area contributed by atoms with Crippen molar-refractivity contribution in [3.8, 4) is 22.5 Å². The molecular weight excluding hydrogens is 633 g/mol. The van der Waals surface area contributed by atoms with E-state index in [4.69, 9.17) is 0 Å². The van der Waals surface area contributed by atoms with Gasteiger partial charge < -0.3 is 9.97 Å². The Hall–Kier alpha value is -3.17. The van der Waals surface area contributed by atoms with E-state index in [1.165, 1.54) is 15.9 Å². The number of aromatic nitrogens is 2. The molecule has 0 unspecified atom stereocenters. The molecule has 0 amide bonds. The number of pyridine rings is 2. The quantitative estimate of drug-likeness (QED) is 0.155. The van der Waals surface area contributed by atoms with Crippen molar-refractivity contribution in [2.45, 2.75) is 27.4 Å². The van der Waals surface area contributed by atoms with E-state index in [1.54, 1.807) is 6.20 Å². The minimum Gasteiger partial charge on any atom is -0.305 e. The maximum Gasteiger partial charge on any atom is 0.111 e. The van der Waals surface area contributed by atoms with Gasteiger partial charge in [-0.05, 0) is 29.9 Å². The summed E-state index contributed by atoms with van der Waals surface area (Å²) in [6, 6.07) is 41.2. The number of rotatable bonds is 4. The summed E-state index contributed by atoms with van der Waals surface area (Å²) in [7, 11) is -1.72. The van der Waals surface area contributed by atoms with Crippen LogP contribution in [0, 0.1) is 19.1 Å². The fraction of sp³-hybridized carbons (Fsp3) is 0.125. The summed E-state index contributed by atoms with van der Waals surface area (Å²) in [5.41, 5.74) is 5.36. The summed E-state index contributed by atoms with van der Waals surface area (Å²) in [6.07, 6.45) is 3.79. The molecule has 5 aromatic rings. The fourth-order valence-electron chi connectivity index (χ4n) is 3.98. The normalized spacial score (nSPS) is 10.2. The van der Waals surface area contributed by atoms with Crippen molar-refractivity contribution in [3.63, 3.8) is 0 Å². The maximum absolute atomic E-state index is 4.61. The third kappa shape index (κ3) is 7.17. The standard InChI is InChI=1S/C20H20NSi.C11H8N.CH4.Ir/c1-16-15-21-19(17-10-6-4-7-11-17)14-20(16)22(2,3)18-12-8-5-9-13-18;1-2-6-10(7-3-1)11-8-4-5-9-12-11;;/h4-10,12-15H,1-3H3;1-6,8-9H;1H4;/q2*-1;;. The Morgan fingerprint density at radius 3 is 1.81 bits per heavy atom. The van der Waals surface area contributed by atoms with Crippen molar-refractivity contribution >= 4 is 18.4 Å². The molecule has 0 bridgehead atoms. The Bertz CT molecular complexity index is 1270. The van der Waals surface area contributed by atoms with E-state index < -0.39 is 8.07 Å². The molecule has 0 aliphatic heterocycles. The molecule has 0 saturated carbocycles. The minimum absolute atomic E-state index is 0. The van der Waals surface area contributed by atoms with Crippen LogP contribution < -0.4 is 10.4 Å². The largest absolute Gasteiger partial charge is 0.305 e. The molecule has 0 fully saturated rings. The molecule has 0 N–H and O–H groups in total. The SMILES string of the molecule is C.Cc1cnc(-c2[c-]cccc2)cc1[Si](C)(C)c1ccccc1.[Ir].[c-]1ccccc1-c1ccccn1. The predicted molar refractivity (Wildman–Crippen MR) is 152 cm³/mol. The first-order valence-corrected chi connectivity index (χ1v) is 14.4. The molecule has 0 spiro atoms. The Kier molecular flexibility index (Phi) is 11.1. The first kappa shape index (κ1) is 29.1. The van der Waals surface area contributed by atoms with E-state index in [1.807, 2.05) is 66.9 Å². The van der Waals surface area contributed by atoms with Crippen molar-refractivity contribution in [1.29, 1.82) is 0 Å². The van der Waals surface area contributed by atoms with E-state index in [9.17, 15) is 0 Å². The van der Waals surface area contributed by atoms with Gasteiger partial charge in [0.1, 0.15) is 8.07 Å². The molecule has 0 aliphatic rings. The van der Waals surface area contributed by atoms with Crippen molar-refractivity contribution < 1.29 is 20.1 Å². The smallest absolute Gasteiger partial charge is 0.111 e. The molecule has 36 heavy (non-hydrogen) atoms. The molecule has 3 aromatic carbocycles. The average Bonchev–Trinajstić information content (AvgIpc) is 2.91. The summed E-state index contributed by atoms with van der Waals surface area (Å²) in [4.78, 5) is 8.83. The van der Waals surface area contributed by atoms with Crippen molar-refractivity contribution in [2.24, 2.45) is 0 Å². The van der Waals surface area contributed by atoms with Gasteiger partial charge in [0.15, 0.2) is 0 Å². The third-order valence-corrected chi connectivity index (χ3v) is 9.57. The molecule has 2 aromatic heterocycles. The van der Waals surface area contributed by atoms with Crippen LogP contribution in [0.1, 0.15) is 13.0 Å². The van der Waals surface area contributed by atoms with Crippen molar-refractivity contribution in [2.75, 3.05) is 0 Å². The number of hydrogen-bond donors (Lipinski definition) is 0. The van der Waals surface area contributed by atoms with Gasteiger partial charge in [-0.3, -0.25) is 0 Å². The first-order valence-electron chi connectivity index (χ1n) is 11.4. The summed E-state index contributed by atoms with van der Waals surface area (Å²) >= 11 is 0. The summed E-state index contributed by atoms with van der Waals surface area (Å²) in [5, 5.41) is 2.90. The van der Waals surface area contributed by atoms with Gasteiger partial charge in [0.2, 0.25) is 0 Å². The van der Waals surface area contributed by atoms with Crippen LogP contribution in [0.5, 0.6) is 0 Å². The number of benzene rings is 3. The zero-order valence-electron chi connectivity index (χ0n) is 20.2. The van der Waals surface area contributed by atoms with Gasteiger partial charge in [-0.1, -0.05) is 79.4 Å². The topological polar surface area (TPSA) is 25.8 Å². The van der Waals surface area contributed by atoms with Crippen LogP contribution in [0.25, 0.3) is 22.5 Å². The Morgan fingerprint density at radius 1 is 0.667 bits per heavy atom. The second-order valence-corrected chi connectivity index (χ2v) is 13.0. The number of nitrogens with zero attached hydrogens (tertiary/aromatic N) is 2. The van der Waals surface area contributed by atoms with E-state index in [0.717, 1.165) is 22.5 Å². The van der Waals surface area contributed by atoms with Gasteiger partial charge in [-0.25, -0.2) is 0 Å². The van der Waals surface area contributed by atoms with Crippen molar-refractivity contribution in [1.82, 2.24) is 9.97 Å². The van der Waals surface area contributed by atoms with Gasteiger partial charge in [-0.2, -0.15) is 0 Å². The Labute approximate surface area is 230 Å². The van der Waals surface area contributed by atoms with Crippen LogP contribution in [-0.2, 0) is 20.1 Å². The predicted octanol–water partition coefficient (Wildman–Crippen LogP) is 6.86. The molecule has 185 valence electrons. The second kappa shape index (κ2) is 13.8. The first-order chi connectivity index (χ1) is 16.6. The minimum atomic E-state index is -1.72. The molecule has 0 saturated heterocycles. The molecule has 2 heterocycles. The third-order valence-electron chi connectivity index (χ3n) is 5.91. The van der Waals surface area contributed by atoms with E-state index in [2.05, 4.69) is 84.6 Å². The molecule has 0 aliphatic carbocycles. The molecule has 4 heteroatoms.